The van der Waals surface area contributed by atoms with E-state index >= 15 is 0 Å². The van der Waals surface area contributed by atoms with Crippen LogP contribution in [0.15, 0.2) is 35.7 Å². The number of rotatable bonds is 6. The maximum atomic E-state index is 13.3. The van der Waals surface area contributed by atoms with Gasteiger partial charge in [-0.2, -0.15) is 0 Å². The lowest BCUT2D eigenvalue weighted by Crippen LogP contribution is -2.21. The van der Waals surface area contributed by atoms with Gasteiger partial charge in [-0.3, -0.25) is 0 Å². The maximum Gasteiger partial charge on any atom is 0.126 e. The average molecular weight is 277 g/mol. The number of nitrogens with one attached hydrogen (secondary N) is 1. The minimum Gasteiger partial charge on any atom is -0.310 e. The van der Waals surface area contributed by atoms with Crippen LogP contribution in [0.25, 0.3) is 0 Å². The van der Waals surface area contributed by atoms with Crippen LogP contribution in [0.2, 0.25) is 0 Å². The molecule has 102 valence electrons. The van der Waals surface area contributed by atoms with Crippen LogP contribution in [0, 0.1) is 12.7 Å². The van der Waals surface area contributed by atoms with E-state index in [1.807, 2.05) is 19.1 Å². The normalized spacial score (nSPS) is 12.6. The molecule has 1 unspecified atom stereocenters. The van der Waals surface area contributed by atoms with Crippen LogP contribution < -0.4 is 5.32 Å². The van der Waals surface area contributed by atoms with E-state index in [0.29, 0.717) is 6.04 Å². The first-order valence-corrected chi connectivity index (χ1v) is 7.60. The number of hydrogen-bond donors (Lipinski definition) is 1. The van der Waals surface area contributed by atoms with Crippen molar-refractivity contribution < 1.29 is 4.39 Å². The van der Waals surface area contributed by atoms with Crippen molar-refractivity contribution in [3.05, 3.63) is 57.5 Å². The summed E-state index contributed by atoms with van der Waals surface area (Å²) >= 11 is 1.80. The van der Waals surface area contributed by atoms with Gasteiger partial charge < -0.3 is 5.32 Å². The van der Waals surface area contributed by atoms with E-state index in [2.05, 4.69) is 29.8 Å². The predicted octanol–water partition coefficient (Wildman–Crippen LogP) is 4.48. The highest BCUT2D eigenvalue weighted by Gasteiger charge is 2.12. The standard InChI is InChI=1S/C16H20FNS/c1-3-18-16(9-7-14-5-4-10-19-14)13-6-8-15(17)12(2)11-13/h4-6,8,10-11,16,18H,3,7,9H2,1-2H3. The van der Waals surface area contributed by atoms with Crippen LogP contribution in [0.1, 0.15) is 35.4 Å². The monoisotopic (exact) mass is 277 g/mol. The molecule has 0 aliphatic carbocycles. The molecule has 19 heavy (non-hydrogen) atoms. The summed E-state index contributed by atoms with van der Waals surface area (Å²) in [5.41, 5.74) is 1.90. The molecule has 2 aromatic rings. The van der Waals surface area contributed by atoms with E-state index in [9.17, 15) is 4.39 Å². The predicted molar refractivity (Wildman–Crippen MR) is 80.2 cm³/mol. The molecule has 1 aromatic carbocycles. The molecule has 1 aromatic heterocycles. The molecule has 1 N–H and O–H groups in total. The van der Waals surface area contributed by atoms with E-state index in [1.165, 1.54) is 10.4 Å². The fourth-order valence-electron chi connectivity index (χ4n) is 2.26. The Kier molecular flexibility index (Phi) is 5.11. The average Bonchev–Trinajstić information content (AvgIpc) is 2.91. The fraction of sp³-hybridized carbons (Fsp3) is 0.375. The Morgan fingerprint density at radius 3 is 2.79 bits per heavy atom. The van der Waals surface area contributed by atoms with Crippen molar-refractivity contribution in [2.45, 2.75) is 32.7 Å². The zero-order chi connectivity index (χ0) is 13.7. The summed E-state index contributed by atoms with van der Waals surface area (Å²) in [4.78, 5) is 1.40. The lowest BCUT2D eigenvalue weighted by molar-refractivity contribution is 0.515. The van der Waals surface area contributed by atoms with Gasteiger partial charge in [0.25, 0.3) is 0 Å². The van der Waals surface area contributed by atoms with Crippen LogP contribution in [0.3, 0.4) is 0 Å². The van der Waals surface area contributed by atoms with Gasteiger partial charge in [0.2, 0.25) is 0 Å². The van der Waals surface area contributed by atoms with Crippen LogP contribution in [0.5, 0.6) is 0 Å². The van der Waals surface area contributed by atoms with Crippen molar-refractivity contribution in [2.24, 2.45) is 0 Å². The first kappa shape index (κ1) is 14.2. The Bertz CT molecular complexity index is 507. The minimum atomic E-state index is -0.128. The van der Waals surface area contributed by atoms with E-state index in [1.54, 1.807) is 17.4 Å². The maximum absolute atomic E-state index is 13.3. The third-order valence-corrected chi connectivity index (χ3v) is 4.23. The van der Waals surface area contributed by atoms with Crippen molar-refractivity contribution >= 4 is 11.3 Å². The van der Waals surface area contributed by atoms with E-state index in [4.69, 9.17) is 0 Å². The van der Waals surface area contributed by atoms with Gasteiger partial charge >= 0.3 is 0 Å². The van der Waals surface area contributed by atoms with Gasteiger partial charge in [-0.15, -0.1) is 11.3 Å². The van der Waals surface area contributed by atoms with Crippen molar-refractivity contribution in [1.29, 1.82) is 0 Å². The lowest BCUT2D eigenvalue weighted by atomic mass is 9.99. The Balaban J connectivity index is 2.07. The van der Waals surface area contributed by atoms with Gasteiger partial charge in [0.15, 0.2) is 0 Å². The van der Waals surface area contributed by atoms with Gasteiger partial charge in [-0.05, 0) is 54.9 Å². The second kappa shape index (κ2) is 6.83. The van der Waals surface area contributed by atoms with Crippen molar-refractivity contribution in [3.63, 3.8) is 0 Å². The van der Waals surface area contributed by atoms with Gasteiger partial charge in [0, 0.05) is 10.9 Å². The molecule has 0 amide bonds. The van der Waals surface area contributed by atoms with Crippen LogP contribution in [-0.4, -0.2) is 6.54 Å². The summed E-state index contributed by atoms with van der Waals surface area (Å²) in [7, 11) is 0. The molecule has 0 saturated carbocycles. The molecule has 1 nitrogen and oxygen atoms in total. The molecule has 0 spiro atoms. The molecule has 3 heteroatoms. The number of halogens is 1. The van der Waals surface area contributed by atoms with Crippen LogP contribution >= 0.6 is 11.3 Å². The second-order valence-electron chi connectivity index (χ2n) is 4.74. The van der Waals surface area contributed by atoms with E-state index in [0.717, 1.165) is 24.9 Å². The summed E-state index contributed by atoms with van der Waals surface area (Å²) in [6, 6.07) is 9.97. The van der Waals surface area contributed by atoms with Crippen molar-refractivity contribution in [2.75, 3.05) is 6.54 Å². The third kappa shape index (κ3) is 3.88. The molecule has 0 saturated heterocycles. The third-order valence-electron chi connectivity index (χ3n) is 3.29. The summed E-state index contributed by atoms with van der Waals surface area (Å²) in [5, 5.41) is 5.60. The summed E-state index contributed by atoms with van der Waals surface area (Å²) < 4.78 is 13.3. The van der Waals surface area contributed by atoms with Gasteiger partial charge in [-0.25, -0.2) is 4.39 Å². The van der Waals surface area contributed by atoms with Crippen molar-refractivity contribution in [1.82, 2.24) is 5.32 Å². The zero-order valence-corrected chi connectivity index (χ0v) is 12.3. The number of thiophene rings is 1. The van der Waals surface area contributed by atoms with Gasteiger partial charge in [0.05, 0.1) is 0 Å². The van der Waals surface area contributed by atoms with Crippen LogP contribution in [-0.2, 0) is 6.42 Å². The molecule has 2 rings (SSSR count). The topological polar surface area (TPSA) is 12.0 Å². The highest BCUT2D eigenvalue weighted by molar-refractivity contribution is 7.09. The molecule has 0 aliphatic heterocycles. The summed E-state index contributed by atoms with van der Waals surface area (Å²) in [6.45, 7) is 4.85. The molecular formula is C16H20FNS. The minimum absolute atomic E-state index is 0.128. The summed E-state index contributed by atoms with van der Waals surface area (Å²) in [6.07, 6.45) is 2.10. The number of hydrogen-bond acceptors (Lipinski definition) is 2. The molecule has 0 aliphatic rings. The van der Waals surface area contributed by atoms with E-state index in [-0.39, 0.29) is 5.82 Å². The number of aryl methyl sites for hydroxylation is 2. The quantitative estimate of drug-likeness (QED) is 0.821. The molecular weight excluding hydrogens is 257 g/mol. The zero-order valence-electron chi connectivity index (χ0n) is 11.4. The largest absolute Gasteiger partial charge is 0.310 e. The summed E-state index contributed by atoms with van der Waals surface area (Å²) in [5.74, 6) is -0.128. The lowest BCUT2D eigenvalue weighted by Gasteiger charge is -2.18. The molecule has 1 atom stereocenters. The SMILES string of the molecule is CCNC(CCc1cccs1)c1ccc(F)c(C)c1. The molecule has 1 heterocycles. The smallest absolute Gasteiger partial charge is 0.126 e. The van der Waals surface area contributed by atoms with Gasteiger partial charge in [-0.1, -0.05) is 25.1 Å². The molecule has 0 bridgehead atoms. The fourth-order valence-corrected chi connectivity index (χ4v) is 2.98. The second-order valence-corrected chi connectivity index (χ2v) is 5.77. The molecule has 0 fully saturated rings. The highest BCUT2D eigenvalue weighted by atomic mass is 32.1. The molecule has 0 radical (unpaired) electrons. The first-order valence-electron chi connectivity index (χ1n) is 6.72. The Morgan fingerprint density at radius 2 is 2.16 bits per heavy atom. The first-order chi connectivity index (χ1) is 9.20. The van der Waals surface area contributed by atoms with Crippen molar-refractivity contribution in [3.8, 4) is 0 Å². The van der Waals surface area contributed by atoms with Crippen LogP contribution in [0.4, 0.5) is 4.39 Å². The van der Waals surface area contributed by atoms with Gasteiger partial charge in [0.1, 0.15) is 5.82 Å². The Labute approximate surface area is 118 Å². The Morgan fingerprint density at radius 1 is 1.32 bits per heavy atom. The Hall–Kier alpha value is -1.19. The number of benzene rings is 1. The highest BCUT2D eigenvalue weighted by Crippen LogP contribution is 2.22. The van der Waals surface area contributed by atoms with E-state index < -0.39 is 0 Å².